The second-order valence-corrected chi connectivity index (χ2v) is 3.62. The highest BCUT2D eigenvalue weighted by Gasteiger charge is 2.21. The lowest BCUT2D eigenvalue weighted by Crippen LogP contribution is -2.42. The summed E-state index contributed by atoms with van der Waals surface area (Å²) in [6, 6.07) is -0.796. The van der Waals surface area contributed by atoms with E-state index >= 15 is 0 Å². The normalized spacial score (nSPS) is 11.4. The van der Waals surface area contributed by atoms with E-state index in [1.807, 2.05) is 0 Å². The summed E-state index contributed by atoms with van der Waals surface area (Å²) in [6.07, 6.45) is 0. The van der Waals surface area contributed by atoms with Crippen LogP contribution in [0, 0.1) is 0 Å². The van der Waals surface area contributed by atoms with E-state index in [1.54, 1.807) is 0 Å². The Morgan fingerprint density at radius 2 is 2.00 bits per heavy atom. The van der Waals surface area contributed by atoms with Gasteiger partial charge < -0.3 is 15.4 Å². The van der Waals surface area contributed by atoms with Crippen molar-refractivity contribution in [2.75, 3.05) is 19.9 Å². The van der Waals surface area contributed by atoms with Crippen LogP contribution in [0.15, 0.2) is 0 Å². The molecule has 7 heteroatoms. The van der Waals surface area contributed by atoms with Gasteiger partial charge in [-0.25, -0.2) is 4.79 Å². The first-order valence-corrected chi connectivity index (χ1v) is 5.19. The Balaban J connectivity index is 4.18. The molecule has 0 aliphatic rings. The number of esters is 1. The number of methoxy groups -OCH3 is 1. The van der Waals surface area contributed by atoms with Crippen LogP contribution in [0.2, 0.25) is 0 Å². The Morgan fingerprint density at radius 1 is 1.40 bits per heavy atom. The van der Waals surface area contributed by atoms with Gasteiger partial charge in [0.05, 0.1) is 7.11 Å². The number of hydrogen-bond donors (Lipinski definition) is 2. The number of carbonyl (C=O) groups is 3. The lowest BCUT2D eigenvalue weighted by molar-refractivity contribution is -0.144. The predicted molar refractivity (Wildman–Crippen MR) is 56.5 cm³/mol. The van der Waals surface area contributed by atoms with Gasteiger partial charge in [0.2, 0.25) is 5.91 Å². The minimum Gasteiger partial charge on any atom is -0.467 e. The predicted octanol–water partition coefficient (Wildman–Crippen LogP) is -0.263. The highest BCUT2D eigenvalue weighted by molar-refractivity contribution is 8.13. The molecular weight excluding hydrogens is 220 g/mol. The molecule has 0 fully saturated rings. The third-order valence-corrected chi connectivity index (χ3v) is 2.41. The van der Waals surface area contributed by atoms with E-state index in [4.69, 9.17) is 0 Å². The molecule has 0 saturated carbocycles. The molecule has 0 aliphatic heterocycles. The molecule has 0 aromatic carbocycles. The Hall–Kier alpha value is -1.24. The summed E-state index contributed by atoms with van der Waals surface area (Å²) in [5.74, 6) is -0.768. The summed E-state index contributed by atoms with van der Waals surface area (Å²) >= 11 is 0.905. The van der Waals surface area contributed by atoms with Gasteiger partial charge in [0.1, 0.15) is 6.04 Å². The lowest BCUT2D eigenvalue weighted by atomic mass is 10.3. The van der Waals surface area contributed by atoms with Crippen molar-refractivity contribution in [3.05, 3.63) is 0 Å². The minimum atomic E-state index is -0.796. The molecule has 0 heterocycles. The Morgan fingerprint density at radius 3 is 2.40 bits per heavy atom. The zero-order chi connectivity index (χ0) is 11.8. The van der Waals surface area contributed by atoms with Gasteiger partial charge in [-0.3, -0.25) is 9.59 Å². The average Bonchev–Trinajstić information content (AvgIpc) is 2.21. The SMILES string of the molecule is CNC(=O)SCC(NC(C)=O)C(=O)OC. The molecule has 0 rings (SSSR count). The Labute approximate surface area is 92.1 Å². The van der Waals surface area contributed by atoms with E-state index in [-0.39, 0.29) is 16.9 Å². The number of hydrogen-bond acceptors (Lipinski definition) is 5. The molecule has 1 atom stereocenters. The minimum absolute atomic E-state index is 0.145. The van der Waals surface area contributed by atoms with Gasteiger partial charge in [-0.15, -0.1) is 0 Å². The second kappa shape index (κ2) is 7.10. The molecule has 0 aromatic heterocycles. The maximum atomic E-state index is 11.2. The summed E-state index contributed by atoms with van der Waals surface area (Å²) in [6.45, 7) is 1.29. The zero-order valence-corrected chi connectivity index (χ0v) is 9.64. The first kappa shape index (κ1) is 13.8. The molecule has 0 aliphatic carbocycles. The molecular formula is C8H14N2O4S. The van der Waals surface area contributed by atoms with Crippen molar-refractivity contribution >= 4 is 28.9 Å². The molecule has 2 amide bonds. The third kappa shape index (κ3) is 5.95. The molecule has 0 bridgehead atoms. The van der Waals surface area contributed by atoms with Crippen LogP contribution >= 0.6 is 11.8 Å². The van der Waals surface area contributed by atoms with Gasteiger partial charge in [0.15, 0.2) is 0 Å². The average molecular weight is 234 g/mol. The molecule has 0 spiro atoms. The van der Waals surface area contributed by atoms with E-state index in [1.165, 1.54) is 21.1 Å². The molecule has 0 saturated heterocycles. The quantitative estimate of drug-likeness (QED) is 0.654. The summed E-state index contributed by atoms with van der Waals surface area (Å²) in [4.78, 5) is 32.8. The van der Waals surface area contributed by atoms with E-state index in [0.29, 0.717) is 0 Å². The third-order valence-electron chi connectivity index (χ3n) is 1.45. The smallest absolute Gasteiger partial charge is 0.329 e. The fourth-order valence-electron chi connectivity index (χ4n) is 0.787. The summed E-state index contributed by atoms with van der Waals surface area (Å²) < 4.78 is 4.48. The van der Waals surface area contributed by atoms with E-state index < -0.39 is 12.0 Å². The summed E-state index contributed by atoms with van der Waals surface area (Å²) in [5, 5.41) is 4.52. The highest BCUT2D eigenvalue weighted by Crippen LogP contribution is 2.05. The zero-order valence-electron chi connectivity index (χ0n) is 8.83. The molecule has 0 radical (unpaired) electrons. The topological polar surface area (TPSA) is 84.5 Å². The fraction of sp³-hybridized carbons (Fsp3) is 0.625. The Bertz CT molecular complexity index is 257. The number of carbonyl (C=O) groups excluding carboxylic acids is 3. The van der Waals surface area contributed by atoms with Gasteiger partial charge in [0, 0.05) is 19.7 Å². The van der Waals surface area contributed by atoms with Gasteiger partial charge in [-0.05, 0) is 0 Å². The van der Waals surface area contributed by atoms with Crippen molar-refractivity contribution in [2.45, 2.75) is 13.0 Å². The first-order chi connectivity index (χ1) is 7.01. The van der Waals surface area contributed by atoms with Crippen molar-refractivity contribution in [1.82, 2.24) is 10.6 Å². The van der Waals surface area contributed by atoms with Crippen LogP contribution in [0.1, 0.15) is 6.92 Å². The van der Waals surface area contributed by atoms with Crippen LogP contribution in [0.3, 0.4) is 0 Å². The van der Waals surface area contributed by atoms with Gasteiger partial charge >= 0.3 is 5.97 Å². The van der Waals surface area contributed by atoms with Crippen LogP contribution < -0.4 is 10.6 Å². The number of thioether (sulfide) groups is 1. The second-order valence-electron chi connectivity index (χ2n) is 2.62. The molecule has 86 valence electrons. The maximum absolute atomic E-state index is 11.2. The van der Waals surface area contributed by atoms with Crippen molar-refractivity contribution in [3.8, 4) is 0 Å². The number of rotatable bonds is 4. The van der Waals surface area contributed by atoms with E-state index in [0.717, 1.165) is 11.8 Å². The number of amides is 2. The van der Waals surface area contributed by atoms with E-state index in [2.05, 4.69) is 15.4 Å². The van der Waals surface area contributed by atoms with Crippen molar-refractivity contribution < 1.29 is 19.1 Å². The van der Waals surface area contributed by atoms with Crippen LogP contribution in [0.5, 0.6) is 0 Å². The summed E-state index contributed by atoms with van der Waals surface area (Å²) in [5.41, 5.74) is 0. The van der Waals surface area contributed by atoms with Crippen molar-refractivity contribution in [3.63, 3.8) is 0 Å². The summed E-state index contributed by atoms with van der Waals surface area (Å²) in [7, 11) is 2.71. The largest absolute Gasteiger partial charge is 0.467 e. The Kier molecular flexibility index (Phi) is 6.52. The monoisotopic (exact) mass is 234 g/mol. The number of nitrogens with one attached hydrogen (secondary N) is 2. The van der Waals surface area contributed by atoms with Crippen molar-refractivity contribution in [1.29, 1.82) is 0 Å². The maximum Gasteiger partial charge on any atom is 0.329 e. The molecule has 0 aromatic rings. The van der Waals surface area contributed by atoms with Crippen LogP contribution in [0.25, 0.3) is 0 Å². The first-order valence-electron chi connectivity index (χ1n) is 4.20. The van der Waals surface area contributed by atoms with Gasteiger partial charge in [0.25, 0.3) is 5.24 Å². The molecule has 6 nitrogen and oxygen atoms in total. The highest BCUT2D eigenvalue weighted by atomic mass is 32.2. The fourth-order valence-corrected chi connectivity index (χ4v) is 1.47. The van der Waals surface area contributed by atoms with Gasteiger partial charge in [-0.1, -0.05) is 11.8 Å². The number of ether oxygens (including phenoxy) is 1. The van der Waals surface area contributed by atoms with Crippen LogP contribution in [0.4, 0.5) is 4.79 Å². The molecule has 2 N–H and O–H groups in total. The van der Waals surface area contributed by atoms with E-state index in [9.17, 15) is 14.4 Å². The van der Waals surface area contributed by atoms with Gasteiger partial charge in [-0.2, -0.15) is 0 Å². The van der Waals surface area contributed by atoms with Crippen molar-refractivity contribution in [2.24, 2.45) is 0 Å². The van der Waals surface area contributed by atoms with Crippen LogP contribution in [-0.4, -0.2) is 43.1 Å². The molecule has 1 unspecified atom stereocenters. The van der Waals surface area contributed by atoms with Crippen LogP contribution in [-0.2, 0) is 14.3 Å². The molecule has 15 heavy (non-hydrogen) atoms. The lowest BCUT2D eigenvalue weighted by Gasteiger charge is -2.14. The standard InChI is InChI=1S/C8H14N2O4S/c1-5(11)10-6(7(12)14-3)4-15-8(13)9-2/h6H,4H2,1-3H3,(H,9,13)(H,10,11).